The van der Waals surface area contributed by atoms with Crippen LogP contribution in [0.4, 0.5) is 0 Å². The second-order valence-electron chi connectivity index (χ2n) is 6.77. The van der Waals surface area contributed by atoms with Crippen LogP contribution in [0.15, 0.2) is 23.0 Å². The number of rotatable bonds is 7. The number of carbonyl (C=O) groups excluding carboxylic acids is 2. The summed E-state index contributed by atoms with van der Waals surface area (Å²) in [5.74, 6) is -0.795. The van der Waals surface area contributed by atoms with Gasteiger partial charge in [-0.3, -0.25) is 14.5 Å². The number of hydrogen-bond donors (Lipinski definition) is 1. The topological polar surface area (TPSA) is 102 Å². The standard InChI is InChI=1S/C20H19Cl2N3O5S/c1-25(8-10-4-5-12(21)13(22)6-10)9-14-23-18(27)16-11(7-15(26)29-2)17(20(28)30-3)31-19(16)24-14/h4-6H,7-9H2,1-3H3,(H,23,24,27). The molecule has 2 heterocycles. The third kappa shape index (κ3) is 5.24. The van der Waals surface area contributed by atoms with Crippen molar-refractivity contribution < 1.29 is 19.1 Å². The van der Waals surface area contributed by atoms with Gasteiger partial charge in [-0.15, -0.1) is 11.3 Å². The van der Waals surface area contributed by atoms with Crippen molar-refractivity contribution in [3.8, 4) is 0 Å². The lowest BCUT2D eigenvalue weighted by Crippen LogP contribution is -2.22. The average Bonchev–Trinajstić information content (AvgIpc) is 3.08. The number of nitrogens with zero attached hydrogens (tertiary/aromatic N) is 2. The molecule has 11 heteroatoms. The minimum Gasteiger partial charge on any atom is -0.469 e. The number of aromatic amines is 1. The van der Waals surface area contributed by atoms with Gasteiger partial charge in [0, 0.05) is 12.1 Å². The van der Waals surface area contributed by atoms with E-state index >= 15 is 0 Å². The molecule has 0 radical (unpaired) electrons. The van der Waals surface area contributed by atoms with Crippen LogP contribution in [-0.4, -0.2) is 48.1 Å². The Labute approximate surface area is 191 Å². The molecule has 1 N–H and O–H groups in total. The molecule has 0 bridgehead atoms. The first kappa shape index (κ1) is 23.2. The Kier molecular flexibility index (Phi) is 7.32. The molecule has 2 aromatic heterocycles. The zero-order valence-electron chi connectivity index (χ0n) is 17.0. The zero-order valence-corrected chi connectivity index (χ0v) is 19.3. The lowest BCUT2D eigenvalue weighted by atomic mass is 10.1. The molecule has 1 aromatic carbocycles. The molecule has 3 aromatic rings. The summed E-state index contributed by atoms with van der Waals surface area (Å²) < 4.78 is 9.48. The van der Waals surface area contributed by atoms with Crippen LogP contribution in [-0.2, 0) is 33.8 Å². The zero-order chi connectivity index (χ0) is 22.7. The van der Waals surface area contributed by atoms with Crippen LogP contribution in [0.25, 0.3) is 10.2 Å². The van der Waals surface area contributed by atoms with Crippen LogP contribution < -0.4 is 5.56 Å². The molecule has 0 aliphatic carbocycles. The minimum absolute atomic E-state index is 0.155. The highest BCUT2D eigenvalue weighted by Crippen LogP contribution is 2.29. The van der Waals surface area contributed by atoms with Gasteiger partial charge in [-0.1, -0.05) is 29.3 Å². The predicted octanol–water partition coefficient (Wildman–Crippen LogP) is 3.43. The number of halogens is 2. The fraction of sp³-hybridized carbons (Fsp3) is 0.300. The Morgan fingerprint density at radius 2 is 1.90 bits per heavy atom. The van der Waals surface area contributed by atoms with Gasteiger partial charge in [-0.05, 0) is 24.7 Å². The van der Waals surface area contributed by atoms with Crippen molar-refractivity contribution in [1.82, 2.24) is 14.9 Å². The summed E-state index contributed by atoms with van der Waals surface area (Å²) in [7, 11) is 4.33. The van der Waals surface area contributed by atoms with Crippen molar-refractivity contribution in [3.63, 3.8) is 0 Å². The van der Waals surface area contributed by atoms with E-state index in [0.717, 1.165) is 16.9 Å². The number of hydrogen-bond acceptors (Lipinski definition) is 8. The minimum atomic E-state index is -0.639. The third-order valence-electron chi connectivity index (χ3n) is 4.49. The van der Waals surface area contributed by atoms with E-state index in [2.05, 4.69) is 14.7 Å². The number of ether oxygens (including phenoxy) is 2. The molecule has 0 fully saturated rings. The first-order chi connectivity index (χ1) is 14.7. The number of H-pyrrole nitrogens is 1. The van der Waals surface area contributed by atoms with Crippen LogP contribution in [0.5, 0.6) is 0 Å². The molecule has 0 aliphatic rings. The number of nitrogens with one attached hydrogen (secondary N) is 1. The maximum atomic E-state index is 12.8. The average molecular weight is 484 g/mol. The van der Waals surface area contributed by atoms with Crippen LogP contribution >= 0.6 is 34.5 Å². The summed E-state index contributed by atoms with van der Waals surface area (Å²) >= 11 is 13.0. The Morgan fingerprint density at radius 3 is 2.55 bits per heavy atom. The van der Waals surface area contributed by atoms with E-state index in [1.807, 2.05) is 18.0 Å². The number of thiophene rings is 1. The number of esters is 2. The largest absolute Gasteiger partial charge is 0.469 e. The molecule has 0 amide bonds. The fourth-order valence-electron chi connectivity index (χ4n) is 3.09. The van der Waals surface area contributed by atoms with E-state index in [1.54, 1.807) is 12.1 Å². The maximum absolute atomic E-state index is 12.8. The third-order valence-corrected chi connectivity index (χ3v) is 6.33. The molecular formula is C20H19Cl2N3O5S. The molecule has 31 heavy (non-hydrogen) atoms. The number of methoxy groups -OCH3 is 2. The van der Waals surface area contributed by atoms with E-state index in [9.17, 15) is 14.4 Å². The van der Waals surface area contributed by atoms with E-state index in [-0.39, 0.29) is 22.2 Å². The first-order valence-corrected chi connectivity index (χ1v) is 10.6. The number of aromatic nitrogens is 2. The van der Waals surface area contributed by atoms with Crippen molar-refractivity contribution in [3.05, 3.63) is 60.4 Å². The Morgan fingerprint density at radius 1 is 1.16 bits per heavy atom. The molecule has 0 spiro atoms. The van der Waals surface area contributed by atoms with Gasteiger partial charge in [0.05, 0.1) is 42.6 Å². The molecule has 0 atom stereocenters. The van der Waals surface area contributed by atoms with Gasteiger partial charge < -0.3 is 14.5 Å². The Hall–Kier alpha value is -2.46. The second-order valence-corrected chi connectivity index (χ2v) is 8.58. The quantitative estimate of drug-likeness (QED) is 0.513. The summed E-state index contributed by atoms with van der Waals surface area (Å²) in [6.45, 7) is 0.882. The summed E-state index contributed by atoms with van der Waals surface area (Å²) in [5.41, 5.74) is 0.765. The summed E-state index contributed by atoms with van der Waals surface area (Å²) in [6, 6.07) is 5.37. The maximum Gasteiger partial charge on any atom is 0.348 e. The second kappa shape index (κ2) is 9.78. The van der Waals surface area contributed by atoms with Gasteiger partial charge >= 0.3 is 11.9 Å². The Bertz CT molecular complexity index is 1210. The van der Waals surface area contributed by atoms with Gasteiger partial charge in [-0.25, -0.2) is 9.78 Å². The van der Waals surface area contributed by atoms with Crippen LogP contribution in [0.3, 0.4) is 0 Å². The first-order valence-electron chi connectivity index (χ1n) is 9.05. The van der Waals surface area contributed by atoms with E-state index in [4.69, 9.17) is 27.9 Å². The lowest BCUT2D eigenvalue weighted by Gasteiger charge is -2.16. The molecule has 0 aliphatic heterocycles. The molecule has 3 rings (SSSR count). The van der Waals surface area contributed by atoms with Crippen LogP contribution in [0.1, 0.15) is 26.6 Å². The summed E-state index contributed by atoms with van der Waals surface area (Å²) in [5, 5.41) is 1.13. The van der Waals surface area contributed by atoms with Gasteiger partial charge in [0.25, 0.3) is 5.56 Å². The number of carbonyl (C=O) groups is 2. The summed E-state index contributed by atoms with van der Waals surface area (Å²) in [4.78, 5) is 46.4. The molecule has 0 saturated heterocycles. The summed E-state index contributed by atoms with van der Waals surface area (Å²) in [6.07, 6.45) is -0.234. The number of fused-ring (bicyclic) bond motifs is 1. The van der Waals surface area contributed by atoms with Crippen molar-refractivity contribution in [2.24, 2.45) is 0 Å². The van der Waals surface area contributed by atoms with Gasteiger partial charge in [0.15, 0.2) is 0 Å². The van der Waals surface area contributed by atoms with Crippen molar-refractivity contribution >= 4 is 56.7 Å². The van der Waals surface area contributed by atoms with E-state index in [0.29, 0.717) is 33.8 Å². The van der Waals surface area contributed by atoms with Crippen molar-refractivity contribution in [1.29, 1.82) is 0 Å². The molecule has 164 valence electrons. The normalized spacial score (nSPS) is 11.2. The van der Waals surface area contributed by atoms with Crippen molar-refractivity contribution in [2.45, 2.75) is 19.5 Å². The molecule has 0 saturated carbocycles. The van der Waals surface area contributed by atoms with Gasteiger partial charge in [-0.2, -0.15) is 0 Å². The molecule has 8 nitrogen and oxygen atoms in total. The highest BCUT2D eigenvalue weighted by molar-refractivity contribution is 7.20. The fourth-order valence-corrected chi connectivity index (χ4v) is 4.54. The predicted molar refractivity (Wildman–Crippen MR) is 119 cm³/mol. The molecular weight excluding hydrogens is 465 g/mol. The lowest BCUT2D eigenvalue weighted by molar-refractivity contribution is -0.139. The van der Waals surface area contributed by atoms with Crippen LogP contribution in [0, 0.1) is 0 Å². The van der Waals surface area contributed by atoms with Gasteiger partial charge in [0.2, 0.25) is 0 Å². The Balaban J connectivity index is 1.92. The smallest absolute Gasteiger partial charge is 0.348 e. The van der Waals surface area contributed by atoms with Gasteiger partial charge in [0.1, 0.15) is 15.5 Å². The monoisotopic (exact) mass is 483 g/mol. The SMILES string of the molecule is COC(=O)Cc1c(C(=O)OC)sc2nc(CN(C)Cc3ccc(Cl)c(Cl)c3)[nH]c(=O)c12. The van der Waals surface area contributed by atoms with Crippen LogP contribution in [0.2, 0.25) is 10.0 Å². The highest BCUT2D eigenvalue weighted by Gasteiger charge is 2.25. The van der Waals surface area contributed by atoms with E-state index in [1.165, 1.54) is 14.2 Å². The van der Waals surface area contributed by atoms with Crippen molar-refractivity contribution in [2.75, 3.05) is 21.3 Å². The molecule has 0 unspecified atom stereocenters. The number of benzene rings is 1. The van der Waals surface area contributed by atoms with E-state index < -0.39 is 17.5 Å². The highest BCUT2D eigenvalue weighted by atomic mass is 35.5.